The zero-order valence-corrected chi connectivity index (χ0v) is 16.8. The number of benzene rings is 1. The summed E-state index contributed by atoms with van der Waals surface area (Å²) in [6, 6.07) is 5.34. The van der Waals surface area contributed by atoms with E-state index in [2.05, 4.69) is 55.5 Å². The molecule has 0 radical (unpaired) electrons. The van der Waals surface area contributed by atoms with Crippen molar-refractivity contribution in [1.29, 1.82) is 0 Å². The van der Waals surface area contributed by atoms with Crippen molar-refractivity contribution in [3.8, 4) is 0 Å². The summed E-state index contributed by atoms with van der Waals surface area (Å²) in [7, 11) is 1.73. The molecule has 140 valence electrons. The van der Waals surface area contributed by atoms with Crippen LogP contribution in [0.4, 0.5) is 4.39 Å². The predicted molar refractivity (Wildman–Crippen MR) is 104 cm³/mol. The number of nitrogens with zero attached hydrogens (tertiary/aromatic N) is 4. The van der Waals surface area contributed by atoms with Crippen molar-refractivity contribution in [2.75, 3.05) is 7.05 Å². The first-order chi connectivity index (χ1) is 12.5. The van der Waals surface area contributed by atoms with Crippen LogP contribution in [0.15, 0.2) is 27.7 Å². The second-order valence-electron chi connectivity index (χ2n) is 6.78. The Balaban J connectivity index is 1.57. The monoisotopic (exact) mass is 422 g/mol. The normalized spacial score (nSPS) is 17.3. The van der Waals surface area contributed by atoms with E-state index in [1.54, 1.807) is 13.1 Å². The number of aliphatic imine (C=N–C) groups is 1. The van der Waals surface area contributed by atoms with E-state index in [9.17, 15) is 4.39 Å². The van der Waals surface area contributed by atoms with Gasteiger partial charge in [-0.25, -0.2) is 14.1 Å². The quantitative estimate of drug-likeness (QED) is 0.586. The molecule has 1 aliphatic heterocycles. The summed E-state index contributed by atoms with van der Waals surface area (Å²) in [5, 5.41) is 11.3. The van der Waals surface area contributed by atoms with Crippen molar-refractivity contribution in [3.63, 3.8) is 0 Å². The lowest BCUT2D eigenvalue weighted by Gasteiger charge is -2.25. The van der Waals surface area contributed by atoms with E-state index in [1.807, 2.05) is 10.7 Å². The van der Waals surface area contributed by atoms with Crippen LogP contribution >= 0.6 is 15.9 Å². The Hall–Kier alpha value is -1.96. The Morgan fingerprint density at radius 1 is 1.46 bits per heavy atom. The van der Waals surface area contributed by atoms with Crippen LogP contribution in [0, 0.1) is 5.82 Å². The van der Waals surface area contributed by atoms with E-state index < -0.39 is 0 Å². The fourth-order valence-electron chi connectivity index (χ4n) is 2.91. The minimum absolute atomic E-state index is 0.233. The Morgan fingerprint density at radius 2 is 2.27 bits per heavy atom. The van der Waals surface area contributed by atoms with Gasteiger partial charge in [0, 0.05) is 32.0 Å². The molecule has 1 unspecified atom stereocenters. The van der Waals surface area contributed by atoms with Crippen molar-refractivity contribution in [2.45, 2.75) is 51.7 Å². The number of guanidine groups is 1. The molecule has 1 aromatic heterocycles. The van der Waals surface area contributed by atoms with Gasteiger partial charge in [-0.1, -0.05) is 19.9 Å². The SMILES string of the molecule is CN=C(NCc1ccc(Br)c(F)c1)NC1CCc2nc(C(C)C)nn2C1. The molecule has 1 aliphatic rings. The summed E-state index contributed by atoms with van der Waals surface area (Å²) in [4.78, 5) is 8.89. The molecular formula is C18H24BrFN6. The number of rotatable bonds is 4. The third-order valence-electron chi connectivity index (χ3n) is 4.40. The van der Waals surface area contributed by atoms with Gasteiger partial charge in [0.2, 0.25) is 0 Å². The van der Waals surface area contributed by atoms with E-state index in [1.165, 1.54) is 6.07 Å². The van der Waals surface area contributed by atoms with E-state index in [0.29, 0.717) is 22.9 Å². The lowest BCUT2D eigenvalue weighted by atomic mass is 10.1. The van der Waals surface area contributed by atoms with Gasteiger partial charge in [-0.15, -0.1) is 0 Å². The van der Waals surface area contributed by atoms with Gasteiger partial charge in [0.05, 0.1) is 11.0 Å². The van der Waals surface area contributed by atoms with E-state index in [0.717, 1.165) is 36.6 Å². The summed E-state index contributed by atoms with van der Waals surface area (Å²) in [6.07, 6.45) is 1.87. The summed E-state index contributed by atoms with van der Waals surface area (Å²) < 4.78 is 16.1. The van der Waals surface area contributed by atoms with Gasteiger partial charge >= 0.3 is 0 Å². The van der Waals surface area contributed by atoms with Crippen molar-refractivity contribution in [3.05, 3.63) is 45.7 Å². The first-order valence-electron chi connectivity index (χ1n) is 8.81. The van der Waals surface area contributed by atoms with Crippen LogP contribution in [0.3, 0.4) is 0 Å². The number of halogens is 2. The molecule has 6 nitrogen and oxygen atoms in total. The number of nitrogens with one attached hydrogen (secondary N) is 2. The average molecular weight is 423 g/mol. The molecule has 0 amide bonds. The van der Waals surface area contributed by atoms with Gasteiger partial charge in [0.25, 0.3) is 0 Å². The molecule has 0 fully saturated rings. The molecule has 1 aromatic carbocycles. The van der Waals surface area contributed by atoms with Crippen molar-refractivity contribution >= 4 is 21.9 Å². The molecule has 2 aromatic rings. The summed E-state index contributed by atoms with van der Waals surface area (Å²) >= 11 is 3.17. The molecule has 2 heterocycles. The van der Waals surface area contributed by atoms with Crippen molar-refractivity contribution < 1.29 is 4.39 Å². The Morgan fingerprint density at radius 3 is 2.96 bits per heavy atom. The molecule has 2 N–H and O–H groups in total. The standard InChI is InChI=1S/C18H24BrFN6/c1-11(2)17-24-16-7-5-13(10-26(16)25-17)23-18(21-3)22-9-12-4-6-14(19)15(20)8-12/h4,6,8,11,13H,5,7,9-10H2,1-3H3,(H2,21,22,23). The second kappa shape index (κ2) is 8.16. The van der Waals surface area contributed by atoms with Crippen LogP contribution in [0.5, 0.6) is 0 Å². The van der Waals surface area contributed by atoms with E-state index >= 15 is 0 Å². The van der Waals surface area contributed by atoms with Crippen LogP contribution in [0.25, 0.3) is 0 Å². The van der Waals surface area contributed by atoms with Crippen LogP contribution in [-0.2, 0) is 19.5 Å². The Bertz CT molecular complexity index is 801. The number of fused-ring (bicyclic) bond motifs is 1. The van der Waals surface area contributed by atoms with E-state index in [-0.39, 0.29) is 11.9 Å². The molecule has 0 spiro atoms. The molecule has 1 atom stereocenters. The molecule has 0 aliphatic carbocycles. The van der Waals surface area contributed by atoms with Crippen LogP contribution in [-0.4, -0.2) is 33.8 Å². The molecule has 0 saturated heterocycles. The maximum atomic E-state index is 13.6. The average Bonchev–Trinajstić information content (AvgIpc) is 3.05. The van der Waals surface area contributed by atoms with Gasteiger partial charge in [-0.05, 0) is 40.0 Å². The zero-order chi connectivity index (χ0) is 18.7. The molecule has 26 heavy (non-hydrogen) atoms. The molecule has 8 heteroatoms. The largest absolute Gasteiger partial charge is 0.352 e. The van der Waals surface area contributed by atoms with Gasteiger partial charge in [-0.3, -0.25) is 4.99 Å². The predicted octanol–water partition coefficient (Wildman–Crippen LogP) is 2.98. The lowest BCUT2D eigenvalue weighted by Crippen LogP contribution is -2.46. The first-order valence-corrected chi connectivity index (χ1v) is 9.60. The summed E-state index contributed by atoms with van der Waals surface area (Å²) in [5.41, 5.74) is 0.859. The topological polar surface area (TPSA) is 67.1 Å². The van der Waals surface area contributed by atoms with Crippen LogP contribution < -0.4 is 10.6 Å². The summed E-state index contributed by atoms with van der Waals surface area (Å²) in [6.45, 7) is 5.48. The molecule has 3 rings (SSSR count). The van der Waals surface area contributed by atoms with Gasteiger partial charge in [0.1, 0.15) is 11.6 Å². The highest BCUT2D eigenvalue weighted by atomic mass is 79.9. The van der Waals surface area contributed by atoms with Crippen LogP contribution in [0.2, 0.25) is 0 Å². The highest BCUT2D eigenvalue weighted by Crippen LogP contribution is 2.18. The van der Waals surface area contributed by atoms with E-state index in [4.69, 9.17) is 0 Å². The number of aryl methyl sites for hydroxylation is 1. The fraction of sp³-hybridized carbons (Fsp3) is 0.500. The van der Waals surface area contributed by atoms with Gasteiger partial charge < -0.3 is 10.6 Å². The maximum Gasteiger partial charge on any atom is 0.191 e. The van der Waals surface area contributed by atoms with Gasteiger partial charge in [-0.2, -0.15) is 5.10 Å². The third kappa shape index (κ3) is 4.41. The molecule has 0 bridgehead atoms. The molecule has 0 saturated carbocycles. The van der Waals surface area contributed by atoms with Crippen molar-refractivity contribution in [2.24, 2.45) is 4.99 Å². The summed E-state index contributed by atoms with van der Waals surface area (Å²) in [5.74, 6) is 2.73. The lowest BCUT2D eigenvalue weighted by molar-refractivity contribution is 0.391. The maximum absolute atomic E-state index is 13.6. The van der Waals surface area contributed by atoms with Gasteiger partial charge in [0.15, 0.2) is 11.8 Å². The second-order valence-corrected chi connectivity index (χ2v) is 7.63. The minimum Gasteiger partial charge on any atom is -0.352 e. The van der Waals surface area contributed by atoms with Crippen molar-refractivity contribution in [1.82, 2.24) is 25.4 Å². The smallest absolute Gasteiger partial charge is 0.191 e. The zero-order valence-electron chi connectivity index (χ0n) is 15.3. The van der Waals surface area contributed by atoms with Crippen LogP contribution in [0.1, 0.15) is 43.4 Å². The highest BCUT2D eigenvalue weighted by Gasteiger charge is 2.23. The third-order valence-corrected chi connectivity index (χ3v) is 5.04. The number of hydrogen-bond donors (Lipinski definition) is 2. The highest BCUT2D eigenvalue weighted by molar-refractivity contribution is 9.10. The minimum atomic E-state index is -0.265. The Kier molecular flexibility index (Phi) is 5.90. The number of aromatic nitrogens is 3. The number of hydrogen-bond acceptors (Lipinski definition) is 3. The first kappa shape index (κ1) is 18.8. The fourth-order valence-corrected chi connectivity index (χ4v) is 3.16. The molecular weight excluding hydrogens is 399 g/mol. The Labute approximate surface area is 161 Å².